The highest BCUT2D eigenvalue weighted by Gasteiger charge is 2.43. The van der Waals surface area contributed by atoms with Gasteiger partial charge in [-0.3, -0.25) is 9.69 Å². The molecule has 5 nitrogen and oxygen atoms in total. The van der Waals surface area contributed by atoms with Crippen molar-refractivity contribution in [1.82, 2.24) is 9.80 Å². The van der Waals surface area contributed by atoms with E-state index < -0.39 is 18.1 Å². The number of esters is 1. The highest BCUT2D eigenvalue weighted by Crippen LogP contribution is 2.19. The number of rotatable bonds is 4. The molecule has 1 aliphatic heterocycles. The number of carbonyl (C=O) groups excluding carboxylic acids is 2. The van der Waals surface area contributed by atoms with Crippen LogP contribution in [0.2, 0.25) is 0 Å². The van der Waals surface area contributed by atoms with Crippen LogP contribution in [0.5, 0.6) is 0 Å². The average Bonchev–Trinajstić information content (AvgIpc) is 2.54. The lowest BCUT2D eigenvalue weighted by atomic mass is 10.1. The fourth-order valence-electron chi connectivity index (χ4n) is 2.48. The summed E-state index contributed by atoms with van der Waals surface area (Å²) >= 11 is 0. The molecule has 0 aromatic heterocycles. The van der Waals surface area contributed by atoms with Gasteiger partial charge in [0.25, 0.3) is 0 Å². The lowest BCUT2D eigenvalue weighted by Crippen LogP contribution is -2.52. The van der Waals surface area contributed by atoms with Gasteiger partial charge >= 0.3 is 18.1 Å². The van der Waals surface area contributed by atoms with Gasteiger partial charge < -0.3 is 9.64 Å². The van der Waals surface area contributed by atoms with E-state index in [0.717, 1.165) is 10.5 Å². The van der Waals surface area contributed by atoms with Gasteiger partial charge in [0.15, 0.2) is 0 Å². The van der Waals surface area contributed by atoms with Crippen molar-refractivity contribution in [2.24, 2.45) is 0 Å². The Bertz CT molecular complexity index is 596. The standard InChI is InChI=1S/C16H19F3N2O3/c1-12-3-2-4-13(11-12)14(22)24-10-9-20-5-7-21(8-6-20)15(23)16(17,18)19/h2-4,11H,5-10H2,1H3. The Balaban J connectivity index is 1.71. The summed E-state index contributed by atoms with van der Waals surface area (Å²) in [5.74, 6) is -2.22. The highest BCUT2D eigenvalue weighted by molar-refractivity contribution is 5.89. The predicted octanol–water partition coefficient (Wildman–Crippen LogP) is 1.86. The number of carbonyl (C=O) groups is 2. The molecule has 1 saturated heterocycles. The van der Waals surface area contributed by atoms with Crippen LogP contribution in [0.4, 0.5) is 13.2 Å². The first-order valence-electron chi connectivity index (χ1n) is 7.59. The Morgan fingerprint density at radius 2 is 1.83 bits per heavy atom. The maximum Gasteiger partial charge on any atom is 0.471 e. The average molecular weight is 344 g/mol. The van der Waals surface area contributed by atoms with Crippen LogP contribution in [0.3, 0.4) is 0 Å². The molecule has 0 saturated carbocycles. The van der Waals surface area contributed by atoms with Gasteiger partial charge in [-0.2, -0.15) is 13.2 Å². The third kappa shape index (κ3) is 4.95. The second kappa shape index (κ2) is 7.65. The van der Waals surface area contributed by atoms with Crippen LogP contribution in [-0.4, -0.2) is 67.2 Å². The zero-order valence-corrected chi connectivity index (χ0v) is 13.3. The summed E-state index contributed by atoms with van der Waals surface area (Å²) in [6, 6.07) is 7.03. The molecule has 132 valence electrons. The number of amides is 1. The van der Waals surface area contributed by atoms with Gasteiger partial charge in [-0.05, 0) is 19.1 Å². The second-order valence-corrected chi connectivity index (χ2v) is 5.64. The molecule has 0 bridgehead atoms. The number of aryl methyl sites for hydroxylation is 1. The molecule has 1 aliphatic rings. The van der Waals surface area contributed by atoms with E-state index in [1.54, 1.807) is 18.2 Å². The van der Waals surface area contributed by atoms with Crippen LogP contribution in [0.25, 0.3) is 0 Å². The molecule has 0 atom stereocenters. The van der Waals surface area contributed by atoms with Crippen molar-refractivity contribution in [3.05, 3.63) is 35.4 Å². The molecule has 1 amide bonds. The summed E-state index contributed by atoms with van der Waals surface area (Å²) in [5, 5.41) is 0. The molecule has 0 unspecified atom stereocenters. The Hall–Kier alpha value is -2.09. The lowest BCUT2D eigenvalue weighted by Gasteiger charge is -2.34. The zero-order chi connectivity index (χ0) is 17.7. The second-order valence-electron chi connectivity index (χ2n) is 5.64. The molecule has 2 rings (SSSR count). The van der Waals surface area contributed by atoms with Crippen molar-refractivity contribution in [2.45, 2.75) is 13.1 Å². The minimum atomic E-state index is -4.83. The topological polar surface area (TPSA) is 49.9 Å². The van der Waals surface area contributed by atoms with Gasteiger partial charge in [0, 0.05) is 32.7 Å². The zero-order valence-electron chi connectivity index (χ0n) is 13.3. The maximum atomic E-state index is 12.3. The molecule has 24 heavy (non-hydrogen) atoms. The Kier molecular flexibility index (Phi) is 5.82. The molecule has 1 heterocycles. The SMILES string of the molecule is Cc1cccc(C(=O)OCCN2CCN(C(=O)C(F)(F)F)CC2)c1. The summed E-state index contributed by atoms with van der Waals surface area (Å²) in [6.07, 6.45) is -4.83. The third-order valence-electron chi connectivity index (χ3n) is 3.80. The first kappa shape index (κ1) is 18.3. The molecule has 1 fully saturated rings. The van der Waals surface area contributed by atoms with Gasteiger partial charge in [-0.1, -0.05) is 17.7 Å². The largest absolute Gasteiger partial charge is 0.471 e. The molecule has 8 heteroatoms. The number of ether oxygens (including phenoxy) is 1. The molecular weight excluding hydrogens is 325 g/mol. The Morgan fingerprint density at radius 3 is 2.42 bits per heavy atom. The number of nitrogens with zero attached hydrogens (tertiary/aromatic N) is 2. The molecule has 1 aromatic carbocycles. The van der Waals surface area contributed by atoms with Gasteiger partial charge in [0.1, 0.15) is 6.61 Å². The number of alkyl halides is 3. The van der Waals surface area contributed by atoms with Crippen LogP contribution in [-0.2, 0) is 9.53 Å². The van der Waals surface area contributed by atoms with E-state index in [2.05, 4.69) is 0 Å². The lowest BCUT2D eigenvalue weighted by molar-refractivity contribution is -0.187. The van der Waals surface area contributed by atoms with Gasteiger partial charge in [-0.25, -0.2) is 4.79 Å². The summed E-state index contributed by atoms with van der Waals surface area (Å²) in [4.78, 5) is 25.7. The third-order valence-corrected chi connectivity index (χ3v) is 3.80. The Labute approximate surface area is 138 Å². The minimum absolute atomic E-state index is 0.0180. The van der Waals surface area contributed by atoms with Crippen molar-refractivity contribution < 1.29 is 27.5 Å². The van der Waals surface area contributed by atoms with Crippen molar-refractivity contribution in [3.63, 3.8) is 0 Å². The number of halogens is 3. The molecule has 0 N–H and O–H groups in total. The Morgan fingerprint density at radius 1 is 1.17 bits per heavy atom. The van der Waals surface area contributed by atoms with E-state index in [1.807, 2.05) is 17.9 Å². The van der Waals surface area contributed by atoms with E-state index in [-0.39, 0.29) is 19.7 Å². The first-order chi connectivity index (χ1) is 11.3. The number of benzene rings is 1. The normalized spacial score (nSPS) is 16.1. The van der Waals surface area contributed by atoms with Crippen LogP contribution in [0.1, 0.15) is 15.9 Å². The van der Waals surface area contributed by atoms with Crippen molar-refractivity contribution in [2.75, 3.05) is 39.3 Å². The molecule has 0 spiro atoms. The number of piperazine rings is 1. The summed E-state index contributed by atoms with van der Waals surface area (Å²) < 4.78 is 42.2. The summed E-state index contributed by atoms with van der Waals surface area (Å²) in [7, 11) is 0. The van der Waals surface area contributed by atoms with Crippen LogP contribution in [0.15, 0.2) is 24.3 Å². The fourth-order valence-corrected chi connectivity index (χ4v) is 2.48. The smallest absolute Gasteiger partial charge is 0.461 e. The van der Waals surface area contributed by atoms with Crippen molar-refractivity contribution in [1.29, 1.82) is 0 Å². The molecular formula is C16H19F3N2O3. The summed E-state index contributed by atoms with van der Waals surface area (Å²) in [5.41, 5.74) is 1.42. The predicted molar refractivity (Wildman–Crippen MR) is 80.5 cm³/mol. The van der Waals surface area contributed by atoms with Crippen LogP contribution < -0.4 is 0 Å². The van der Waals surface area contributed by atoms with E-state index in [1.165, 1.54) is 0 Å². The molecule has 0 aliphatic carbocycles. The molecule has 1 aromatic rings. The van der Waals surface area contributed by atoms with E-state index in [4.69, 9.17) is 4.74 Å². The minimum Gasteiger partial charge on any atom is -0.461 e. The van der Waals surface area contributed by atoms with E-state index in [9.17, 15) is 22.8 Å². The number of hydrogen-bond acceptors (Lipinski definition) is 4. The maximum absolute atomic E-state index is 12.3. The van der Waals surface area contributed by atoms with E-state index >= 15 is 0 Å². The van der Waals surface area contributed by atoms with Gasteiger partial charge in [-0.15, -0.1) is 0 Å². The van der Waals surface area contributed by atoms with Crippen molar-refractivity contribution >= 4 is 11.9 Å². The van der Waals surface area contributed by atoms with Crippen molar-refractivity contribution in [3.8, 4) is 0 Å². The monoisotopic (exact) mass is 344 g/mol. The van der Waals surface area contributed by atoms with Gasteiger partial charge in [0.2, 0.25) is 0 Å². The fraction of sp³-hybridized carbons (Fsp3) is 0.500. The number of hydrogen-bond donors (Lipinski definition) is 0. The summed E-state index contributed by atoms with van der Waals surface area (Å²) in [6.45, 7) is 3.13. The highest BCUT2D eigenvalue weighted by atomic mass is 19.4. The first-order valence-corrected chi connectivity index (χ1v) is 7.59. The van der Waals surface area contributed by atoms with Gasteiger partial charge in [0.05, 0.1) is 5.56 Å². The van der Waals surface area contributed by atoms with Crippen LogP contribution >= 0.6 is 0 Å². The quantitative estimate of drug-likeness (QED) is 0.783. The molecule has 0 radical (unpaired) electrons. The van der Waals surface area contributed by atoms with E-state index in [0.29, 0.717) is 25.2 Å². The van der Waals surface area contributed by atoms with Crippen LogP contribution in [0, 0.1) is 6.92 Å².